The van der Waals surface area contributed by atoms with Crippen LogP contribution in [0.25, 0.3) is 0 Å². The highest BCUT2D eigenvalue weighted by Crippen LogP contribution is 2.22. The molecule has 35 heavy (non-hydrogen) atoms. The quantitative estimate of drug-likeness (QED) is 0.444. The minimum absolute atomic E-state index is 0.0143. The molecule has 0 fully saturated rings. The third-order valence-electron chi connectivity index (χ3n) is 5.86. The monoisotopic (exact) mass is 505 g/mol. The van der Waals surface area contributed by atoms with Gasteiger partial charge < -0.3 is 10.2 Å². The Hall–Kier alpha value is -2.94. The van der Waals surface area contributed by atoms with Crippen molar-refractivity contribution in [2.24, 2.45) is 0 Å². The van der Waals surface area contributed by atoms with Crippen LogP contribution < -0.4 is 9.62 Å². The second kappa shape index (κ2) is 13.2. The van der Waals surface area contributed by atoms with Crippen molar-refractivity contribution in [3.8, 4) is 0 Å². The molecule has 0 radical (unpaired) electrons. The number of rotatable bonds is 13. The lowest BCUT2D eigenvalue weighted by atomic mass is 10.1. The highest BCUT2D eigenvalue weighted by atomic mass is 32.2. The lowest BCUT2D eigenvalue weighted by molar-refractivity contribution is -0.141. The van der Waals surface area contributed by atoms with Crippen LogP contribution in [0.4, 0.5) is 10.1 Å². The fourth-order valence-corrected chi connectivity index (χ4v) is 4.74. The van der Waals surface area contributed by atoms with E-state index >= 15 is 0 Å². The van der Waals surface area contributed by atoms with Gasteiger partial charge in [0.15, 0.2) is 0 Å². The van der Waals surface area contributed by atoms with Gasteiger partial charge in [0.2, 0.25) is 21.8 Å². The number of carbonyl (C=O) groups is 2. The van der Waals surface area contributed by atoms with E-state index in [1.165, 1.54) is 18.2 Å². The van der Waals surface area contributed by atoms with Crippen LogP contribution in [0.5, 0.6) is 0 Å². The zero-order chi connectivity index (χ0) is 26.0. The van der Waals surface area contributed by atoms with E-state index in [9.17, 15) is 22.4 Å². The van der Waals surface area contributed by atoms with Gasteiger partial charge in [0.25, 0.3) is 0 Å². The Balaban J connectivity index is 2.20. The van der Waals surface area contributed by atoms with Crippen LogP contribution >= 0.6 is 0 Å². The number of benzene rings is 2. The first kappa shape index (κ1) is 28.3. The van der Waals surface area contributed by atoms with Gasteiger partial charge >= 0.3 is 0 Å². The van der Waals surface area contributed by atoms with Gasteiger partial charge in [-0.2, -0.15) is 0 Å². The van der Waals surface area contributed by atoms with E-state index in [0.717, 1.165) is 22.5 Å². The Kier molecular flexibility index (Phi) is 10.7. The van der Waals surface area contributed by atoms with Crippen LogP contribution in [0, 0.1) is 5.82 Å². The fourth-order valence-electron chi connectivity index (χ4n) is 3.78. The van der Waals surface area contributed by atoms with Crippen LogP contribution in [-0.2, 0) is 26.2 Å². The molecule has 2 amide bonds. The molecule has 2 aromatic rings. The molecule has 2 aromatic carbocycles. The number of carbonyl (C=O) groups excluding carboxylic acids is 2. The van der Waals surface area contributed by atoms with Gasteiger partial charge in [-0.1, -0.05) is 56.3 Å². The number of hydrogen-bond donors (Lipinski definition) is 1. The number of nitrogens with one attached hydrogen (secondary N) is 1. The van der Waals surface area contributed by atoms with Gasteiger partial charge in [0.05, 0.1) is 11.9 Å². The molecule has 0 aliphatic heterocycles. The SMILES string of the molecule is CC[C@H](C(=O)N[C@@H](C)CC)N(Cc1ccccc1)C(=O)CCCN(c1ccccc1F)S(C)(=O)=O. The second-order valence-corrected chi connectivity index (χ2v) is 10.5. The predicted octanol–water partition coefficient (Wildman–Crippen LogP) is 4.09. The molecule has 1 N–H and O–H groups in total. The molecule has 0 spiro atoms. The van der Waals surface area contributed by atoms with Gasteiger partial charge in [0, 0.05) is 25.6 Å². The Bertz CT molecular complexity index is 1080. The molecule has 7 nitrogen and oxygen atoms in total. The first-order valence-corrected chi connectivity index (χ1v) is 13.8. The molecular weight excluding hydrogens is 469 g/mol. The number of amides is 2. The molecule has 0 saturated carbocycles. The third kappa shape index (κ3) is 8.35. The standard InChI is InChI=1S/C26H36FN3O4S/c1-5-20(3)28-26(32)23(6-2)29(19-21-13-8-7-9-14-21)25(31)17-12-18-30(35(4,33)34)24-16-11-10-15-22(24)27/h7-11,13-16,20,23H,5-6,12,17-19H2,1-4H3,(H,28,32)/t20-,23+/m0/s1. The van der Waals surface area contributed by atoms with Crippen molar-refractivity contribution in [3.63, 3.8) is 0 Å². The maximum absolute atomic E-state index is 14.3. The van der Waals surface area contributed by atoms with Gasteiger partial charge in [-0.25, -0.2) is 12.8 Å². The van der Waals surface area contributed by atoms with Crippen LogP contribution in [0.2, 0.25) is 0 Å². The number of halogens is 1. The summed E-state index contributed by atoms with van der Waals surface area (Å²) < 4.78 is 39.9. The molecule has 2 atom stereocenters. The van der Waals surface area contributed by atoms with E-state index in [2.05, 4.69) is 5.32 Å². The number of hydrogen-bond acceptors (Lipinski definition) is 4. The van der Waals surface area contributed by atoms with Crippen LogP contribution in [0.1, 0.15) is 52.0 Å². The summed E-state index contributed by atoms with van der Waals surface area (Å²) in [7, 11) is -3.75. The van der Waals surface area contributed by atoms with Crippen LogP contribution in [-0.4, -0.2) is 50.0 Å². The van der Waals surface area contributed by atoms with E-state index in [1.54, 1.807) is 11.0 Å². The maximum Gasteiger partial charge on any atom is 0.243 e. The van der Waals surface area contributed by atoms with E-state index in [0.29, 0.717) is 6.42 Å². The first-order valence-electron chi connectivity index (χ1n) is 11.9. The van der Waals surface area contributed by atoms with Crippen molar-refractivity contribution in [2.45, 2.75) is 65.1 Å². The van der Waals surface area contributed by atoms with Crippen molar-refractivity contribution >= 4 is 27.5 Å². The molecule has 192 valence electrons. The summed E-state index contributed by atoms with van der Waals surface area (Å²) in [5.41, 5.74) is 0.836. The minimum Gasteiger partial charge on any atom is -0.352 e. The van der Waals surface area contributed by atoms with Crippen molar-refractivity contribution in [1.82, 2.24) is 10.2 Å². The molecule has 0 bridgehead atoms. The smallest absolute Gasteiger partial charge is 0.243 e. The van der Waals surface area contributed by atoms with Gasteiger partial charge in [-0.15, -0.1) is 0 Å². The molecule has 0 heterocycles. The maximum atomic E-state index is 14.3. The highest BCUT2D eigenvalue weighted by Gasteiger charge is 2.29. The van der Waals surface area contributed by atoms with Crippen molar-refractivity contribution in [2.75, 3.05) is 17.1 Å². The summed E-state index contributed by atoms with van der Waals surface area (Å²) in [5.74, 6) is -1.13. The largest absolute Gasteiger partial charge is 0.352 e. The van der Waals surface area contributed by atoms with Crippen molar-refractivity contribution in [1.29, 1.82) is 0 Å². The van der Waals surface area contributed by atoms with Gasteiger partial charge in [0.1, 0.15) is 11.9 Å². The van der Waals surface area contributed by atoms with E-state index in [4.69, 9.17) is 0 Å². The Morgan fingerprint density at radius 2 is 1.63 bits per heavy atom. The number of sulfonamides is 1. The van der Waals surface area contributed by atoms with Crippen LogP contribution in [0.3, 0.4) is 0 Å². The summed E-state index contributed by atoms with van der Waals surface area (Å²) in [6, 6.07) is 14.4. The molecule has 9 heteroatoms. The summed E-state index contributed by atoms with van der Waals surface area (Å²) in [4.78, 5) is 27.9. The molecule has 0 aliphatic carbocycles. The predicted molar refractivity (Wildman–Crippen MR) is 137 cm³/mol. The van der Waals surface area contributed by atoms with Gasteiger partial charge in [-0.05, 0) is 43.9 Å². The second-order valence-electron chi connectivity index (χ2n) is 8.64. The molecule has 0 aliphatic rings. The Morgan fingerprint density at radius 1 is 1.00 bits per heavy atom. The zero-order valence-corrected chi connectivity index (χ0v) is 21.7. The topological polar surface area (TPSA) is 86.8 Å². The summed E-state index contributed by atoms with van der Waals surface area (Å²) in [6.45, 7) is 5.95. The molecule has 0 saturated heterocycles. The highest BCUT2D eigenvalue weighted by molar-refractivity contribution is 7.92. The number of anilines is 1. The van der Waals surface area contributed by atoms with Crippen LogP contribution in [0.15, 0.2) is 54.6 Å². The average Bonchev–Trinajstić information content (AvgIpc) is 2.82. The lowest BCUT2D eigenvalue weighted by Gasteiger charge is -2.32. The number of nitrogens with zero attached hydrogens (tertiary/aromatic N) is 2. The lowest BCUT2D eigenvalue weighted by Crippen LogP contribution is -2.50. The van der Waals surface area contributed by atoms with E-state index in [-0.39, 0.29) is 49.5 Å². The Morgan fingerprint density at radius 3 is 2.20 bits per heavy atom. The molecule has 2 rings (SSSR count). The van der Waals surface area contributed by atoms with Crippen molar-refractivity contribution in [3.05, 3.63) is 66.0 Å². The fraction of sp³-hybridized carbons (Fsp3) is 0.462. The van der Waals surface area contributed by atoms with E-state index < -0.39 is 21.9 Å². The first-order chi connectivity index (χ1) is 16.6. The van der Waals surface area contributed by atoms with E-state index in [1.807, 2.05) is 51.1 Å². The zero-order valence-electron chi connectivity index (χ0n) is 20.9. The molecule has 0 aromatic heterocycles. The normalized spacial score (nSPS) is 13.1. The van der Waals surface area contributed by atoms with Gasteiger partial charge in [-0.3, -0.25) is 13.9 Å². The average molecular weight is 506 g/mol. The minimum atomic E-state index is -3.75. The Labute approximate surface area is 208 Å². The summed E-state index contributed by atoms with van der Waals surface area (Å²) in [5, 5.41) is 2.96. The number of para-hydroxylation sites is 1. The third-order valence-corrected chi connectivity index (χ3v) is 7.04. The summed E-state index contributed by atoms with van der Waals surface area (Å²) >= 11 is 0. The summed E-state index contributed by atoms with van der Waals surface area (Å²) in [6.07, 6.45) is 2.41. The van der Waals surface area contributed by atoms with Crippen molar-refractivity contribution < 1.29 is 22.4 Å². The molecule has 0 unspecified atom stereocenters. The molecular formula is C26H36FN3O4S.